The van der Waals surface area contributed by atoms with Crippen LogP contribution in [0.15, 0.2) is 18.2 Å². The summed E-state index contributed by atoms with van der Waals surface area (Å²) in [4.78, 5) is 10.4. The number of nitrogens with one attached hydrogen (secondary N) is 1. The monoisotopic (exact) mass is 273 g/mol. The molecule has 0 spiro atoms. The van der Waals surface area contributed by atoms with Gasteiger partial charge in [0.1, 0.15) is 5.75 Å². The summed E-state index contributed by atoms with van der Waals surface area (Å²) in [6.07, 6.45) is -0.0228. The second kappa shape index (κ2) is 5.72. The zero-order valence-corrected chi connectivity index (χ0v) is 9.82. The lowest BCUT2D eigenvalue weighted by molar-refractivity contribution is -0.105. The molecule has 0 saturated carbocycles. The molecular weight excluding hydrogens is 262 g/mol. The Morgan fingerprint density at radius 2 is 2.40 bits per heavy atom. The first kappa shape index (κ1) is 12.0. The number of hydrogen-bond donors (Lipinski definition) is 2. The highest BCUT2D eigenvalue weighted by Crippen LogP contribution is 2.28. The number of amides is 1. The molecule has 0 aliphatic heterocycles. The lowest BCUT2D eigenvalue weighted by Gasteiger charge is -2.12. The fourth-order valence-corrected chi connectivity index (χ4v) is 1.57. The molecule has 4 nitrogen and oxygen atoms in total. The number of halogens is 1. The molecule has 1 amide bonds. The van der Waals surface area contributed by atoms with Crippen molar-refractivity contribution in [1.82, 2.24) is 0 Å². The maximum atomic E-state index is 10.4. The van der Waals surface area contributed by atoms with E-state index < -0.39 is 6.10 Å². The van der Waals surface area contributed by atoms with E-state index in [1.165, 1.54) is 7.11 Å². The number of anilines is 1. The zero-order valence-electron chi connectivity index (χ0n) is 8.24. The Balaban J connectivity index is 3.03. The first-order chi connectivity index (χ1) is 7.22. The van der Waals surface area contributed by atoms with Crippen molar-refractivity contribution in [3.63, 3.8) is 0 Å². The second-order valence-corrected chi connectivity index (χ2v) is 3.54. The molecule has 5 heteroatoms. The number of benzene rings is 1. The first-order valence-corrected chi connectivity index (χ1v) is 5.47. The van der Waals surface area contributed by atoms with Crippen molar-refractivity contribution in [2.24, 2.45) is 0 Å². The van der Waals surface area contributed by atoms with Crippen molar-refractivity contribution in [2.75, 3.05) is 17.8 Å². The van der Waals surface area contributed by atoms with Crippen molar-refractivity contribution in [3.8, 4) is 5.75 Å². The van der Waals surface area contributed by atoms with Gasteiger partial charge in [0.2, 0.25) is 6.41 Å². The van der Waals surface area contributed by atoms with Gasteiger partial charge in [0.25, 0.3) is 0 Å². The van der Waals surface area contributed by atoms with Gasteiger partial charge in [-0.25, -0.2) is 0 Å². The summed E-state index contributed by atoms with van der Waals surface area (Å²) >= 11 is 3.18. The number of methoxy groups -OCH3 is 1. The van der Waals surface area contributed by atoms with Crippen molar-refractivity contribution >= 4 is 28.0 Å². The van der Waals surface area contributed by atoms with Gasteiger partial charge in [-0.15, -0.1) is 0 Å². The van der Waals surface area contributed by atoms with Gasteiger partial charge in [0, 0.05) is 5.33 Å². The summed E-state index contributed by atoms with van der Waals surface area (Å²) in [6, 6.07) is 5.13. The maximum absolute atomic E-state index is 10.4. The van der Waals surface area contributed by atoms with Crippen LogP contribution in [0.4, 0.5) is 5.69 Å². The Kier molecular flexibility index (Phi) is 4.58. The Bertz CT molecular complexity index is 343. The number of rotatable bonds is 5. The van der Waals surface area contributed by atoms with Gasteiger partial charge in [-0.3, -0.25) is 4.79 Å². The Morgan fingerprint density at radius 3 is 2.93 bits per heavy atom. The predicted octanol–water partition coefficient (Wildman–Crippen LogP) is 1.69. The molecule has 15 heavy (non-hydrogen) atoms. The van der Waals surface area contributed by atoms with Crippen LogP contribution in [-0.2, 0) is 4.79 Å². The van der Waals surface area contributed by atoms with E-state index in [1.807, 2.05) is 0 Å². The van der Waals surface area contributed by atoms with Crippen molar-refractivity contribution < 1.29 is 14.6 Å². The van der Waals surface area contributed by atoms with Gasteiger partial charge in [-0.1, -0.05) is 22.0 Å². The maximum Gasteiger partial charge on any atom is 0.211 e. The average molecular weight is 274 g/mol. The minimum Gasteiger partial charge on any atom is -0.495 e. The van der Waals surface area contributed by atoms with E-state index in [0.29, 0.717) is 23.2 Å². The van der Waals surface area contributed by atoms with Crippen LogP contribution in [0, 0.1) is 0 Å². The molecule has 0 radical (unpaired) electrons. The van der Waals surface area contributed by atoms with Crippen LogP contribution in [0.3, 0.4) is 0 Å². The fraction of sp³-hybridized carbons (Fsp3) is 0.300. The van der Waals surface area contributed by atoms with Gasteiger partial charge in [-0.05, 0) is 17.7 Å². The Morgan fingerprint density at radius 1 is 1.67 bits per heavy atom. The summed E-state index contributed by atoms with van der Waals surface area (Å²) < 4.78 is 5.05. The van der Waals surface area contributed by atoms with E-state index in [9.17, 15) is 9.90 Å². The third kappa shape index (κ3) is 2.94. The molecule has 0 fully saturated rings. The van der Waals surface area contributed by atoms with Crippen molar-refractivity contribution in [2.45, 2.75) is 6.10 Å². The van der Waals surface area contributed by atoms with Crippen LogP contribution in [0.1, 0.15) is 11.7 Å². The standard InChI is InChI=1S/C10H12BrNO3/c1-15-10-3-2-7(9(14)5-11)4-8(10)12-6-13/h2-4,6,9,14H,5H2,1H3,(H,12,13). The third-order valence-corrected chi connectivity index (χ3v) is 2.58. The van der Waals surface area contributed by atoms with Crippen LogP contribution < -0.4 is 10.1 Å². The lowest BCUT2D eigenvalue weighted by Crippen LogP contribution is -2.02. The molecule has 1 rings (SSSR count). The number of aliphatic hydroxyl groups is 1. The summed E-state index contributed by atoms with van der Waals surface area (Å²) in [5.74, 6) is 0.563. The minimum atomic E-state index is -0.594. The smallest absolute Gasteiger partial charge is 0.211 e. The summed E-state index contributed by atoms with van der Waals surface area (Å²) in [5.41, 5.74) is 1.27. The normalized spacial score (nSPS) is 11.9. The van der Waals surface area contributed by atoms with Gasteiger partial charge in [-0.2, -0.15) is 0 Å². The highest BCUT2D eigenvalue weighted by Gasteiger charge is 2.09. The zero-order chi connectivity index (χ0) is 11.3. The van der Waals surface area contributed by atoms with E-state index in [1.54, 1.807) is 18.2 Å². The van der Waals surface area contributed by atoms with E-state index in [4.69, 9.17) is 4.74 Å². The molecule has 1 aromatic rings. The van der Waals surface area contributed by atoms with E-state index in [-0.39, 0.29) is 0 Å². The second-order valence-electron chi connectivity index (χ2n) is 2.89. The highest BCUT2D eigenvalue weighted by molar-refractivity contribution is 9.09. The van der Waals surface area contributed by atoms with Gasteiger partial charge in [0.15, 0.2) is 0 Å². The van der Waals surface area contributed by atoms with E-state index in [0.717, 1.165) is 5.56 Å². The van der Waals surface area contributed by atoms with Crippen LogP contribution in [-0.4, -0.2) is 24.0 Å². The molecule has 82 valence electrons. The number of hydrogen-bond acceptors (Lipinski definition) is 3. The molecular formula is C10H12BrNO3. The van der Waals surface area contributed by atoms with Crippen molar-refractivity contribution in [3.05, 3.63) is 23.8 Å². The number of carbonyl (C=O) groups is 1. The molecule has 0 aromatic heterocycles. The molecule has 1 unspecified atom stereocenters. The lowest BCUT2D eigenvalue weighted by atomic mass is 10.1. The summed E-state index contributed by atoms with van der Waals surface area (Å²) in [6.45, 7) is 0. The molecule has 0 heterocycles. The molecule has 0 aliphatic rings. The number of alkyl halides is 1. The Hall–Kier alpha value is -1.07. The van der Waals surface area contributed by atoms with E-state index >= 15 is 0 Å². The number of aliphatic hydroxyl groups excluding tert-OH is 1. The summed E-state index contributed by atoms with van der Waals surface area (Å²) in [5, 5.41) is 12.5. The largest absolute Gasteiger partial charge is 0.495 e. The minimum absolute atomic E-state index is 0.444. The Labute approximate surface area is 96.4 Å². The highest BCUT2D eigenvalue weighted by atomic mass is 79.9. The first-order valence-electron chi connectivity index (χ1n) is 4.35. The molecule has 1 aromatic carbocycles. The molecule has 2 N–H and O–H groups in total. The number of ether oxygens (including phenoxy) is 1. The average Bonchev–Trinajstić information content (AvgIpc) is 2.28. The van der Waals surface area contributed by atoms with Crippen molar-refractivity contribution in [1.29, 1.82) is 0 Å². The molecule has 0 saturated heterocycles. The van der Waals surface area contributed by atoms with E-state index in [2.05, 4.69) is 21.2 Å². The van der Waals surface area contributed by atoms with Crippen LogP contribution in [0.25, 0.3) is 0 Å². The van der Waals surface area contributed by atoms with Gasteiger partial charge in [0.05, 0.1) is 18.9 Å². The van der Waals surface area contributed by atoms with Gasteiger partial charge >= 0.3 is 0 Å². The van der Waals surface area contributed by atoms with Crippen LogP contribution in [0.5, 0.6) is 5.75 Å². The van der Waals surface area contributed by atoms with Gasteiger partial charge < -0.3 is 15.2 Å². The quantitative estimate of drug-likeness (QED) is 0.634. The third-order valence-electron chi connectivity index (χ3n) is 1.97. The predicted molar refractivity (Wildman–Crippen MR) is 61.4 cm³/mol. The van der Waals surface area contributed by atoms with Crippen LogP contribution >= 0.6 is 15.9 Å². The fourth-order valence-electron chi connectivity index (χ4n) is 1.20. The SMILES string of the molecule is COc1ccc(C(O)CBr)cc1NC=O. The molecule has 1 atom stereocenters. The topological polar surface area (TPSA) is 58.6 Å². The summed E-state index contributed by atoms with van der Waals surface area (Å²) in [7, 11) is 1.52. The molecule has 0 aliphatic carbocycles. The van der Waals surface area contributed by atoms with Crippen LogP contribution in [0.2, 0.25) is 0 Å². The number of carbonyl (C=O) groups excluding carboxylic acids is 1. The molecule has 0 bridgehead atoms.